The van der Waals surface area contributed by atoms with Crippen molar-refractivity contribution in [2.45, 2.75) is 52.6 Å². The first kappa shape index (κ1) is 12.0. The molecule has 0 aromatic rings. The number of hydrogen-bond donors (Lipinski definition) is 1. The largest absolute Gasteiger partial charge is 0.316 e. The highest BCUT2D eigenvalue weighted by Crippen LogP contribution is 2.30. The van der Waals surface area contributed by atoms with Gasteiger partial charge in [-0.05, 0) is 52.2 Å². The summed E-state index contributed by atoms with van der Waals surface area (Å²) in [7, 11) is 2.05. The maximum atomic E-state index is 3.34. The third-order valence-corrected chi connectivity index (χ3v) is 3.91. The van der Waals surface area contributed by atoms with Gasteiger partial charge in [-0.2, -0.15) is 0 Å². The smallest absolute Gasteiger partial charge is 0.0218 e. The van der Waals surface area contributed by atoms with Gasteiger partial charge in [-0.15, -0.1) is 0 Å². The lowest BCUT2D eigenvalue weighted by Gasteiger charge is -2.41. The Hall–Kier alpha value is -0.0800. The van der Waals surface area contributed by atoms with E-state index in [9.17, 15) is 0 Å². The molecule has 0 saturated carbocycles. The average molecular weight is 198 g/mol. The molecule has 0 radical (unpaired) electrons. The van der Waals surface area contributed by atoms with E-state index in [1.54, 1.807) is 0 Å². The number of rotatable bonds is 3. The predicted octanol–water partition coefficient (Wildman–Crippen LogP) is 2.10. The van der Waals surface area contributed by atoms with Crippen molar-refractivity contribution in [3.05, 3.63) is 0 Å². The quantitative estimate of drug-likeness (QED) is 0.747. The molecule has 1 heterocycles. The second-order valence-corrected chi connectivity index (χ2v) is 5.52. The van der Waals surface area contributed by atoms with Crippen LogP contribution < -0.4 is 5.32 Å². The van der Waals surface area contributed by atoms with E-state index in [4.69, 9.17) is 0 Å². The van der Waals surface area contributed by atoms with Crippen LogP contribution in [-0.2, 0) is 0 Å². The van der Waals surface area contributed by atoms with Gasteiger partial charge in [-0.1, -0.05) is 13.8 Å². The molecule has 0 aromatic heterocycles. The summed E-state index contributed by atoms with van der Waals surface area (Å²) in [5.74, 6) is 0. The zero-order valence-electron chi connectivity index (χ0n) is 10.4. The molecule has 2 atom stereocenters. The first-order chi connectivity index (χ1) is 6.46. The van der Waals surface area contributed by atoms with Crippen LogP contribution in [0.25, 0.3) is 0 Å². The van der Waals surface area contributed by atoms with E-state index >= 15 is 0 Å². The first-order valence-corrected chi connectivity index (χ1v) is 5.87. The number of piperidine rings is 1. The number of likely N-dealkylation sites (N-methyl/N-ethyl adjacent to an activating group) is 1. The average Bonchev–Trinajstić information content (AvgIpc) is 2.15. The number of nitrogens with zero attached hydrogens (tertiary/aromatic N) is 1. The third-order valence-electron chi connectivity index (χ3n) is 3.91. The maximum Gasteiger partial charge on any atom is 0.0218 e. The van der Waals surface area contributed by atoms with Crippen molar-refractivity contribution in [1.29, 1.82) is 0 Å². The van der Waals surface area contributed by atoms with Crippen LogP contribution in [0.15, 0.2) is 0 Å². The highest BCUT2D eigenvalue weighted by atomic mass is 15.2. The van der Waals surface area contributed by atoms with Gasteiger partial charge in [0.1, 0.15) is 0 Å². The van der Waals surface area contributed by atoms with Gasteiger partial charge >= 0.3 is 0 Å². The van der Waals surface area contributed by atoms with Gasteiger partial charge in [-0.3, -0.25) is 4.90 Å². The van der Waals surface area contributed by atoms with E-state index in [2.05, 4.69) is 45.0 Å². The molecule has 0 aromatic carbocycles. The molecule has 1 aliphatic heterocycles. The van der Waals surface area contributed by atoms with Crippen LogP contribution in [0.1, 0.15) is 40.5 Å². The van der Waals surface area contributed by atoms with E-state index in [1.807, 2.05) is 0 Å². The molecule has 14 heavy (non-hydrogen) atoms. The molecular formula is C12H26N2. The van der Waals surface area contributed by atoms with Crippen LogP contribution >= 0.6 is 0 Å². The molecule has 1 aliphatic rings. The Kier molecular flexibility index (Phi) is 3.96. The minimum atomic E-state index is 0.569. The zero-order valence-corrected chi connectivity index (χ0v) is 10.4. The Morgan fingerprint density at radius 1 is 1.14 bits per heavy atom. The van der Waals surface area contributed by atoms with Gasteiger partial charge in [0.2, 0.25) is 0 Å². The van der Waals surface area contributed by atoms with E-state index in [0.717, 1.165) is 0 Å². The lowest BCUT2D eigenvalue weighted by Crippen LogP contribution is -2.49. The van der Waals surface area contributed by atoms with Crippen LogP contribution in [0.4, 0.5) is 0 Å². The normalized spacial score (nSPS) is 27.2. The van der Waals surface area contributed by atoms with Crippen molar-refractivity contribution in [3.8, 4) is 0 Å². The molecule has 2 heteroatoms. The van der Waals surface area contributed by atoms with E-state index in [0.29, 0.717) is 17.5 Å². The topological polar surface area (TPSA) is 15.3 Å². The minimum absolute atomic E-state index is 0.569. The molecule has 2 nitrogen and oxygen atoms in total. The molecule has 1 N–H and O–H groups in total. The van der Waals surface area contributed by atoms with Crippen molar-refractivity contribution in [3.63, 3.8) is 0 Å². The molecule has 1 fully saturated rings. The van der Waals surface area contributed by atoms with Crippen molar-refractivity contribution in [2.75, 3.05) is 20.1 Å². The van der Waals surface area contributed by atoms with Crippen LogP contribution in [-0.4, -0.2) is 37.1 Å². The number of nitrogens with one attached hydrogen (secondary N) is 1. The Balaban J connectivity index is 2.41. The maximum absolute atomic E-state index is 3.34. The zero-order chi connectivity index (χ0) is 10.8. The highest BCUT2D eigenvalue weighted by Gasteiger charge is 2.28. The van der Waals surface area contributed by atoms with E-state index < -0.39 is 0 Å². The molecule has 84 valence electrons. The molecule has 1 rings (SSSR count). The molecule has 0 amide bonds. The fraction of sp³-hybridized carbons (Fsp3) is 1.00. The summed E-state index contributed by atoms with van der Waals surface area (Å²) >= 11 is 0. The Labute approximate surface area is 89.1 Å². The summed E-state index contributed by atoms with van der Waals surface area (Å²) in [4.78, 5) is 2.62. The second kappa shape index (κ2) is 4.63. The van der Waals surface area contributed by atoms with Crippen molar-refractivity contribution < 1.29 is 0 Å². The number of hydrogen-bond acceptors (Lipinski definition) is 2. The molecule has 0 bridgehead atoms. The SMILES string of the molecule is CNC(C)C(C)N1CCC(C)(C)CC1. The van der Waals surface area contributed by atoms with Crippen molar-refractivity contribution in [1.82, 2.24) is 10.2 Å². The van der Waals surface area contributed by atoms with Gasteiger partial charge in [0, 0.05) is 12.1 Å². The van der Waals surface area contributed by atoms with Gasteiger partial charge < -0.3 is 5.32 Å². The van der Waals surface area contributed by atoms with Crippen LogP contribution in [0.3, 0.4) is 0 Å². The fourth-order valence-electron chi connectivity index (χ4n) is 2.09. The lowest BCUT2D eigenvalue weighted by molar-refractivity contribution is 0.0874. The van der Waals surface area contributed by atoms with Crippen molar-refractivity contribution >= 4 is 0 Å². The van der Waals surface area contributed by atoms with E-state index in [-0.39, 0.29) is 0 Å². The Bertz CT molecular complexity index is 167. The van der Waals surface area contributed by atoms with Crippen molar-refractivity contribution in [2.24, 2.45) is 5.41 Å². The van der Waals surface area contributed by atoms with Gasteiger partial charge in [0.05, 0.1) is 0 Å². The molecule has 0 aliphatic carbocycles. The third kappa shape index (κ3) is 2.96. The Morgan fingerprint density at radius 2 is 1.64 bits per heavy atom. The second-order valence-electron chi connectivity index (χ2n) is 5.52. The van der Waals surface area contributed by atoms with Crippen LogP contribution in [0, 0.1) is 5.41 Å². The van der Waals surface area contributed by atoms with Gasteiger partial charge in [0.15, 0.2) is 0 Å². The molecule has 0 spiro atoms. The van der Waals surface area contributed by atoms with Gasteiger partial charge in [0.25, 0.3) is 0 Å². The summed E-state index contributed by atoms with van der Waals surface area (Å²) in [6.45, 7) is 11.9. The molecule has 2 unspecified atom stereocenters. The summed E-state index contributed by atoms with van der Waals surface area (Å²) in [5, 5.41) is 3.34. The minimum Gasteiger partial charge on any atom is -0.316 e. The summed E-state index contributed by atoms with van der Waals surface area (Å²) in [6, 6.07) is 1.26. The predicted molar refractivity (Wildman–Crippen MR) is 62.6 cm³/mol. The molecule has 1 saturated heterocycles. The lowest BCUT2D eigenvalue weighted by atomic mass is 9.82. The summed E-state index contributed by atoms with van der Waals surface area (Å²) in [5.41, 5.74) is 0.569. The Morgan fingerprint density at radius 3 is 2.07 bits per heavy atom. The van der Waals surface area contributed by atoms with Crippen LogP contribution in [0.2, 0.25) is 0 Å². The number of likely N-dealkylation sites (tertiary alicyclic amines) is 1. The molecular weight excluding hydrogens is 172 g/mol. The summed E-state index contributed by atoms with van der Waals surface area (Å²) < 4.78 is 0. The first-order valence-electron chi connectivity index (χ1n) is 5.87. The van der Waals surface area contributed by atoms with E-state index in [1.165, 1.54) is 25.9 Å². The highest BCUT2D eigenvalue weighted by molar-refractivity contribution is 4.84. The fourth-order valence-corrected chi connectivity index (χ4v) is 2.09. The van der Waals surface area contributed by atoms with Crippen LogP contribution in [0.5, 0.6) is 0 Å². The van der Waals surface area contributed by atoms with Gasteiger partial charge in [-0.25, -0.2) is 0 Å². The standard InChI is InChI=1S/C12H26N2/c1-10(13-5)11(2)14-8-6-12(3,4)7-9-14/h10-11,13H,6-9H2,1-5H3. The monoisotopic (exact) mass is 198 g/mol. The summed E-state index contributed by atoms with van der Waals surface area (Å²) in [6.07, 6.45) is 2.68.